The van der Waals surface area contributed by atoms with Crippen LogP contribution in [0.5, 0.6) is 0 Å². The van der Waals surface area contributed by atoms with Crippen molar-refractivity contribution in [2.45, 2.75) is 39.3 Å². The maximum absolute atomic E-state index is 13.1. The topological polar surface area (TPSA) is 85.5 Å². The number of aromatic nitrogens is 1. The lowest BCUT2D eigenvalue weighted by Crippen LogP contribution is -2.41. The standard InChI is InChI=1S/C25H28N4O3/c1-3-28(4-2)25(32)17-8-7-9-19(14-17)27-24(31)22-12-13-23(30)29(22)16-18-15-26-21-11-6-5-10-20(18)21/h5-11,14-15,22,26H,3-4,12-13,16H2,1-2H3,(H,27,31). The highest BCUT2D eigenvalue weighted by atomic mass is 16.2. The van der Waals surface area contributed by atoms with Gasteiger partial charge in [0.25, 0.3) is 5.91 Å². The van der Waals surface area contributed by atoms with E-state index in [1.54, 1.807) is 34.1 Å². The van der Waals surface area contributed by atoms with E-state index < -0.39 is 6.04 Å². The van der Waals surface area contributed by atoms with E-state index in [0.29, 0.717) is 43.7 Å². The van der Waals surface area contributed by atoms with Crippen LogP contribution in [0.2, 0.25) is 0 Å². The van der Waals surface area contributed by atoms with Gasteiger partial charge in [0.1, 0.15) is 6.04 Å². The van der Waals surface area contributed by atoms with Crippen LogP contribution in [0.15, 0.2) is 54.7 Å². The molecule has 1 saturated heterocycles. The molecule has 7 nitrogen and oxygen atoms in total. The van der Waals surface area contributed by atoms with Crippen molar-refractivity contribution in [1.82, 2.24) is 14.8 Å². The monoisotopic (exact) mass is 432 g/mol. The molecule has 3 aromatic rings. The summed E-state index contributed by atoms with van der Waals surface area (Å²) in [7, 11) is 0. The van der Waals surface area contributed by atoms with Crippen LogP contribution in [-0.2, 0) is 16.1 Å². The summed E-state index contributed by atoms with van der Waals surface area (Å²) in [5.74, 6) is -0.327. The number of nitrogens with zero attached hydrogens (tertiary/aromatic N) is 2. The highest BCUT2D eigenvalue weighted by molar-refractivity contribution is 6.01. The Hall–Kier alpha value is -3.61. The fourth-order valence-electron chi connectivity index (χ4n) is 4.30. The first-order chi connectivity index (χ1) is 15.5. The molecule has 0 radical (unpaired) electrons. The van der Waals surface area contributed by atoms with Crippen LogP contribution < -0.4 is 5.32 Å². The third-order valence-electron chi connectivity index (χ3n) is 6.07. The van der Waals surface area contributed by atoms with Crippen LogP contribution in [0.25, 0.3) is 10.9 Å². The average molecular weight is 433 g/mol. The van der Waals surface area contributed by atoms with Crippen LogP contribution in [0.4, 0.5) is 5.69 Å². The summed E-state index contributed by atoms with van der Waals surface area (Å²) in [6, 6.07) is 14.3. The Bertz CT molecular complexity index is 1150. The van der Waals surface area contributed by atoms with Gasteiger partial charge in [-0.1, -0.05) is 24.3 Å². The number of hydrogen-bond acceptors (Lipinski definition) is 3. The molecule has 0 spiro atoms. The Kier molecular flexibility index (Phi) is 6.25. The molecule has 2 N–H and O–H groups in total. The zero-order valence-electron chi connectivity index (χ0n) is 18.4. The predicted octanol–water partition coefficient (Wildman–Crippen LogP) is 3.78. The van der Waals surface area contributed by atoms with Gasteiger partial charge in [-0.3, -0.25) is 14.4 Å². The summed E-state index contributed by atoms with van der Waals surface area (Å²) in [5, 5.41) is 3.96. The molecule has 1 unspecified atom stereocenters. The van der Waals surface area contributed by atoms with Gasteiger partial charge in [-0.15, -0.1) is 0 Å². The summed E-state index contributed by atoms with van der Waals surface area (Å²) in [6.07, 6.45) is 2.72. The fourth-order valence-corrected chi connectivity index (χ4v) is 4.30. The number of rotatable bonds is 7. The summed E-state index contributed by atoms with van der Waals surface area (Å²) in [4.78, 5) is 44.9. The average Bonchev–Trinajstić information content (AvgIpc) is 3.39. The minimum atomic E-state index is -0.543. The van der Waals surface area contributed by atoms with Gasteiger partial charge in [0.15, 0.2) is 0 Å². The van der Waals surface area contributed by atoms with Gasteiger partial charge in [-0.2, -0.15) is 0 Å². The largest absolute Gasteiger partial charge is 0.361 e. The Labute approximate surface area is 187 Å². The smallest absolute Gasteiger partial charge is 0.253 e. The lowest BCUT2D eigenvalue weighted by Gasteiger charge is -2.24. The van der Waals surface area contributed by atoms with Crippen molar-refractivity contribution in [3.8, 4) is 0 Å². The van der Waals surface area contributed by atoms with Crippen LogP contribution in [0.1, 0.15) is 42.6 Å². The van der Waals surface area contributed by atoms with Crippen molar-refractivity contribution >= 4 is 34.3 Å². The van der Waals surface area contributed by atoms with Gasteiger partial charge >= 0.3 is 0 Å². The third kappa shape index (κ3) is 4.23. The first-order valence-corrected chi connectivity index (χ1v) is 11.1. The molecule has 0 bridgehead atoms. The van der Waals surface area contributed by atoms with E-state index in [4.69, 9.17) is 0 Å². The molecule has 2 heterocycles. The molecule has 4 rings (SSSR count). The Morgan fingerprint density at radius 3 is 2.69 bits per heavy atom. The molecule has 7 heteroatoms. The predicted molar refractivity (Wildman–Crippen MR) is 124 cm³/mol. The number of H-pyrrole nitrogens is 1. The van der Waals surface area contributed by atoms with E-state index in [1.165, 1.54) is 0 Å². The van der Waals surface area contributed by atoms with E-state index in [0.717, 1.165) is 16.5 Å². The number of anilines is 1. The zero-order chi connectivity index (χ0) is 22.7. The highest BCUT2D eigenvalue weighted by Crippen LogP contribution is 2.26. The molecular weight excluding hydrogens is 404 g/mol. The Morgan fingerprint density at radius 2 is 1.91 bits per heavy atom. The normalized spacial score (nSPS) is 15.9. The molecule has 1 aliphatic heterocycles. The van der Waals surface area contributed by atoms with Crippen molar-refractivity contribution in [3.05, 3.63) is 65.9 Å². The summed E-state index contributed by atoms with van der Waals surface area (Å²) >= 11 is 0. The summed E-state index contributed by atoms with van der Waals surface area (Å²) in [5.41, 5.74) is 3.08. The van der Waals surface area contributed by atoms with Crippen LogP contribution in [-0.4, -0.2) is 51.6 Å². The number of amides is 3. The molecule has 1 fully saturated rings. The van der Waals surface area contributed by atoms with Crippen LogP contribution >= 0.6 is 0 Å². The molecule has 2 aromatic carbocycles. The lowest BCUT2D eigenvalue weighted by molar-refractivity contribution is -0.133. The first-order valence-electron chi connectivity index (χ1n) is 11.1. The number of likely N-dealkylation sites (tertiary alicyclic amines) is 1. The number of hydrogen-bond donors (Lipinski definition) is 2. The maximum Gasteiger partial charge on any atom is 0.253 e. The number of benzene rings is 2. The quantitative estimate of drug-likeness (QED) is 0.596. The summed E-state index contributed by atoms with van der Waals surface area (Å²) in [6.45, 7) is 5.50. The van der Waals surface area contributed by atoms with Crippen molar-refractivity contribution in [2.75, 3.05) is 18.4 Å². The van der Waals surface area contributed by atoms with Gasteiger partial charge in [0.05, 0.1) is 0 Å². The van der Waals surface area contributed by atoms with Crippen LogP contribution in [0.3, 0.4) is 0 Å². The van der Waals surface area contributed by atoms with Crippen molar-refractivity contribution in [1.29, 1.82) is 0 Å². The van der Waals surface area contributed by atoms with E-state index in [2.05, 4.69) is 10.3 Å². The fraction of sp³-hybridized carbons (Fsp3) is 0.320. The molecule has 166 valence electrons. The lowest BCUT2D eigenvalue weighted by atomic mass is 10.1. The zero-order valence-corrected chi connectivity index (χ0v) is 18.4. The van der Waals surface area contributed by atoms with Crippen molar-refractivity contribution < 1.29 is 14.4 Å². The van der Waals surface area contributed by atoms with Gasteiger partial charge in [-0.05, 0) is 50.1 Å². The minimum Gasteiger partial charge on any atom is -0.361 e. The molecule has 1 aromatic heterocycles. The van der Waals surface area contributed by atoms with Crippen molar-refractivity contribution in [2.24, 2.45) is 0 Å². The number of nitrogens with one attached hydrogen (secondary N) is 2. The first kappa shape index (κ1) is 21.6. The van der Waals surface area contributed by atoms with Gasteiger partial charge < -0.3 is 20.1 Å². The van der Waals surface area contributed by atoms with Gasteiger partial charge in [-0.25, -0.2) is 0 Å². The molecule has 1 aliphatic rings. The third-order valence-corrected chi connectivity index (χ3v) is 6.07. The number of carbonyl (C=O) groups is 3. The molecule has 1 atom stereocenters. The van der Waals surface area contributed by atoms with Crippen molar-refractivity contribution in [3.63, 3.8) is 0 Å². The second-order valence-electron chi connectivity index (χ2n) is 7.98. The maximum atomic E-state index is 13.1. The molecule has 0 aliphatic carbocycles. The Balaban J connectivity index is 1.49. The SMILES string of the molecule is CCN(CC)C(=O)c1cccc(NC(=O)C2CCC(=O)N2Cc2c[nH]c3ccccc23)c1. The Morgan fingerprint density at radius 1 is 1.12 bits per heavy atom. The second kappa shape index (κ2) is 9.26. The van der Waals surface area contributed by atoms with Gasteiger partial charge in [0.2, 0.25) is 11.8 Å². The molecule has 0 saturated carbocycles. The highest BCUT2D eigenvalue weighted by Gasteiger charge is 2.36. The second-order valence-corrected chi connectivity index (χ2v) is 7.98. The minimum absolute atomic E-state index is 0.0270. The van der Waals surface area contributed by atoms with Crippen LogP contribution in [0, 0.1) is 0 Å². The van der Waals surface area contributed by atoms with E-state index in [1.807, 2.05) is 44.3 Å². The number of carbonyl (C=O) groups excluding carboxylic acids is 3. The van der Waals surface area contributed by atoms with E-state index >= 15 is 0 Å². The van der Waals surface area contributed by atoms with E-state index in [9.17, 15) is 14.4 Å². The number of aromatic amines is 1. The molecular formula is C25H28N4O3. The molecule has 3 amide bonds. The summed E-state index contributed by atoms with van der Waals surface area (Å²) < 4.78 is 0. The number of para-hydroxylation sites is 1. The van der Waals surface area contributed by atoms with Gasteiger partial charge in [0, 0.05) is 54.4 Å². The molecule has 32 heavy (non-hydrogen) atoms. The van der Waals surface area contributed by atoms with E-state index in [-0.39, 0.29) is 17.7 Å². The number of fused-ring (bicyclic) bond motifs is 1.